The van der Waals surface area contributed by atoms with E-state index < -0.39 is 21.6 Å². The highest BCUT2D eigenvalue weighted by atomic mass is 35.5. The number of anilines is 1. The summed E-state index contributed by atoms with van der Waals surface area (Å²) in [6.07, 6.45) is 0. The second-order valence-corrected chi connectivity index (χ2v) is 10.5. The third-order valence-electron chi connectivity index (χ3n) is 4.40. The minimum Gasteiger partial charge on any atom is -0.494 e. The van der Waals surface area contributed by atoms with Gasteiger partial charge in [0, 0.05) is 17.1 Å². The quantitative estimate of drug-likeness (QED) is 0.372. The Morgan fingerprint density at radius 2 is 1.78 bits per heavy atom. The SMILES string of the molecule is O=C(Nc1ccc(-n2c(O)c3ccccc3cc2=O)c(Cl)c1)NS(=O)(=O)c1ccc(Cl)s1. The number of amides is 2. The van der Waals surface area contributed by atoms with Gasteiger partial charge in [0.1, 0.15) is 4.21 Å². The third kappa shape index (κ3) is 4.30. The van der Waals surface area contributed by atoms with Crippen molar-refractivity contribution in [2.75, 3.05) is 5.32 Å². The van der Waals surface area contributed by atoms with E-state index in [2.05, 4.69) is 5.32 Å². The van der Waals surface area contributed by atoms with Crippen molar-refractivity contribution in [3.8, 4) is 11.6 Å². The van der Waals surface area contributed by atoms with Crippen LogP contribution < -0.4 is 15.6 Å². The van der Waals surface area contributed by atoms with E-state index in [1.165, 1.54) is 36.4 Å². The van der Waals surface area contributed by atoms with E-state index >= 15 is 0 Å². The van der Waals surface area contributed by atoms with Crippen molar-refractivity contribution in [3.63, 3.8) is 0 Å². The summed E-state index contributed by atoms with van der Waals surface area (Å²) in [6.45, 7) is 0. The Labute approximate surface area is 195 Å². The molecule has 2 amide bonds. The Morgan fingerprint density at radius 3 is 2.47 bits per heavy atom. The van der Waals surface area contributed by atoms with E-state index in [-0.39, 0.29) is 30.8 Å². The molecule has 2 aromatic carbocycles. The normalized spacial score (nSPS) is 11.4. The lowest BCUT2D eigenvalue weighted by Gasteiger charge is -2.14. The number of thiophene rings is 1. The number of sulfonamides is 1. The van der Waals surface area contributed by atoms with Crippen LogP contribution in [0.4, 0.5) is 10.5 Å². The van der Waals surface area contributed by atoms with E-state index in [4.69, 9.17) is 23.2 Å². The maximum Gasteiger partial charge on any atom is 0.333 e. The molecule has 0 aliphatic heterocycles. The molecule has 0 unspecified atom stereocenters. The molecular weight excluding hydrogens is 497 g/mol. The Kier molecular flexibility index (Phi) is 5.87. The van der Waals surface area contributed by atoms with Gasteiger partial charge in [-0.3, -0.25) is 4.79 Å². The number of halogens is 2. The highest BCUT2D eigenvalue weighted by Gasteiger charge is 2.20. The first kappa shape index (κ1) is 22.2. The van der Waals surface area contributed by atoms with Gasteiger partial charge in [0.15, 0.2) is 0 Å². The van der Waals surface area contributed by atoms with E-state index in [0.717, 1.165) is 15.9 Å². The number of rotatable bonds is 4. The van der Waals surface area contributed by atoms with Crippen LogP contribution in [0.15, 0.2) is 69.7 Å². The van der Waals surface area contributed by atoms with E-state index in [0.29, 0.717) is 10.8 Å². The Bertz CT molecular complexity index is 1530. The zero-order valence-corrected chi connectivity index (χ0v) is 19.0. The molecule has 0 bridgehead atoms. The number of nitrogens with one attached hydrogen (secondary N) is 2. The zero-order valence-electron chi connectivity index (χ0n) is 15.9. The topological polar surface area (TPSA) is 118 Å². The fraction of sp³-hybridized carbons (Fsp3) is 0. The molecule has 164 valence electrons. The highest BCUT2D eigenvalue weighted by Crippen LogP contribution is 2.30. The summed E-state index contributed by atoms with van der Waals surface area (Å²) in [5.41, 5.74) is -0.141. The number of pyridine rings is 1. The second kappa shape index (κ2) is 8.47. The largest absolute Gasteiger partial charge is 0.494 e. The molecule has 2 heterocycles. The van der Waals surface area contributed by atoms with E-state index in [9.17, 15) is 23.1 Å². The molecule has 4 aromatic rings. The van der Waals surface area contributed by atoms with Crippen LogP contribution in [0, 0.1) is 0 Å². The smallest absolute Gasteiger partial charge is 0.333 e. The molecule has 0 aliphatic rings. The molecule has 0 fully saturated rings. The fourth-order valence-corrected chi connectivity index (χ4v) is 5.67. The molecule has 32 heavy (non-hydrogen) atoms. The van der Waals surface area contributed by atoms with Gasteiger partial charge in [0.2, 0.25) is 5.88 Å². The van der Waals surface area contributed by atoms with Crippen LogP contribution in [0.1, 0.15) is 0 Å². The number of carbonyl (C=O) groups excluding carboxylic acids is 1. The standard InChI is InChI=1S/C20H13Cl2N3O5S2/c21-14-10-12(23-20(28)24-32(29,30)18-8-7-16(22)31-18)5-6-15(14)25-17(26)9-11-3-1-2-4-13(11)19(25)27/h1-10,27H,(H2,23,24,28). The number of urea groups is 1. The summed E-state index contributed by atoms with van der Waals surface area (Å²) in [7, 11) is -4.09. The molecule has 3 N–H and O–H groups in total. The Hall–Kier alpha value is -3.05. The van der Waals surface area contributed by atoms with Crippen molar-refractivity contribution in [2.24, 2.45) is 0 Å². The van der Waals surface area contributed by atoms with Crippen LogP contribution in [-0.4, -0.2) is 24.1 Å². The predicted molar refractivity (Wildman–Crippen MR) is 125 cm³/mol. The van der Waals surface area contributed by atoms with Crippen LogP contribution >= 0.6 is 34.5 Å². The number of benzene rings is 2. The number of aromatic hydroxyl groups is 1. The summed E-state index contributed by atoms with van der Waals surface area (Å²) in [5.74, 6) is -0.283. The lowest BCUT2D eigenvalue weighted by atomic mass is 10.1. The lowest BCUT2D eigenvalue weighted by Crippen LogP contribution is -2.33. The summed E-state index contributed by atoms with van der Waals surface area (Å²) in [4.78, 5) is 24.7. The monoisotopic (exact) mass is 509 g/mol. The molecule has 0 atom stereocenters. The van der Waals surface area contributed by atoms with Gasteiger partial charge in [-0.2, -0.15) is 0 Å². The number of hydrogen-bond donors (Lipinski definition) is 3. The second-order valence-electron chi connectivity index (χ2n) is 6.51. The molecular formula is C20H13Cl2N3O5S2. The van der Waals surface area contributed by atoms with Crippen molar-refractivity contribution in [2.45, 2.75) is 4.21 Å². The highest BCUT2D eigenvalue weighted by molar-refractivity contribution is 7.92. The Balaban J connectivity index is 1.60. The van der Waals surface area contributed by atoms with Gasteiger partial charge in [0.05, 0.1) is 15.0 Å². The number of carbonyl (C=O) groups is 1. The van der Waals surface area contributed by atoms with Gasteiger partial charge in [-0.1, -0.05) is 41.4 Å². The average Bonchev–Trinajstić information content (AvgIpc) is 3.16. The molecule has 8 nitrogen and oxygen atoms in total. The van der Waals surface area contributed by atoms with Crippen LogP contribution in [0.5, 0.6) is 5.88 Å². The molecule has 0 saturated heterocycles. The number of nitrogens with zero attached hydrogens (tertiary/aromatic N) is 1. The van der Waals surface area contributed by atoms with E-state index in [1.807, 2.05) is 4.72 Å². The summed E-state index contributed by atoms with van der Waals surface area (Å²) < 4.78 is 27.5. The first-order valence-electron chi connectivity index (χ1n) is 8.88. The van der Waals surface area contributed by atoms with Crippen molar-refractivity contribution < 1.29 is 18.3 Å². The zero-order chi connectivity index (χ0) is 23.0. The fourth-order valence-electron chi connectivity index (χ4n) is 3.02. The van der Waals surface area contributed by atoms with Gasteiger partial charge in [-0.05, 0) is 41.8 Å². The summed E-state index contributed by atoms with van der Waals surface area (Å²) in [6, 6.07) is 14.0. The van der Waals surface area contributed by atoms with Gasteiger partial charge in [-0.15, -0.1) is 11.3 Å². The summed E-state index contributed by atoms with van der Waals surface area (Å²) in [5, 5.41) is 14.1. The maximum atomic E-state index is 12.6. The van der Waals surface area contributed by atoms with Crippen molar-refractivity contribution in [3.05, 3.63) is 80.4 Å². The van der Waals surface area contributed by atoms with Gasteiger partial charge >= 0.3 is 6.03 Å². The van der Waals surface area contributed by atoms with Crippen molar-refractivity contribution in [1.82, 2.24) is 9.29 Å². The molecule has 0 spiro atoms. The van der Waals surface area contributed by atoms with Crippen LogP contribution in [0.3, 0.4) is 0 Å². The molecule has 0 saturated carbocycles. The molecule has 4 rings (SSSR count). The number of aromatic nitrogens is 1. The van der Waals surface area contributed by atoms with Gasteiger partial charge < -0.3 is 10.4 Å². The minimum absolute atomic E-state index is 0.0448. The van der Waals surface area contributed by atoms with Crippen LogP contribution in [-0.2, 0) is 10.0 Å². The number of hydrogen-bond acceptors (Lipinski definition) is 6. The minimum atomic E-state index is -4.09. The Morgan fingerprint density at radius 1 is 1.03 bits per heavy atom. The van der Waals surface area contributed by atoms with Crippen LogP contribution in [0.2, 0.25) is 9.36 Å². The summed E-state index contributed by atoms with van der Waals surface area (Å²) >= 11 is 12.8. The van der Waals surface area contributed by atoms with E-state index in [1.54, 1.807) is 24.3 Å². The molecule has 12 heteroatoms. The van der Waals surface area contributed by atoms with Gasteiger partial charge in [-0.25, -0.2) is 22.5 Å². The lowest BCUT2D eigenvalue weighted by molar-refractivity contribution is 0.256. The molecule has 0 radical (unpaired) electrons. The first-order chi connectivity index (χ1) is 15.2. The third-order valence-corrected chi connectivity index (χ3v) is 7.76. The van der Waals surface area contributed by atoms with Crippen molar-refractivity contribution >= 4 is 67.1 Å². The number of fused-ring (bicyclic) bond motifs is 1. The predicted octanol–water partition coefficient (Wildman–Crippen LogP) is 4.58. The van der Waals surface area contributed by atoms with Crippen LogP contribution in [0.25, 0.3) is 16.5 Å². The van der Waals surface area contributed by atoms with Crippen molar-refractivity contribution in [1.29, 1.82) is 0 Å². The average molecular weight is 510 g/mol. The molecule has 0 aliphatic carbocycles. The first-order valence-corrected chi connectivity index (χ1v) is 11.9. The maximum absolute atomic E-state index is 12.6. The van der Waals surface area contributed by atoms with Gasteiger partial charge in [0.25, 0.3) is 15.6 Å². The molecule has 2 aromatic heterocycles.